The van der Waals surface area contributed by atoms with Crippen molar-refractivity contribution >= 4 is 24.0 Å². The lowest BCUT2D eigenvalue weighted by Crippen LogP contribution is -2.34. The molecule has 0 saturated carbocycles. The van der Waals surface area contributed by atoms with Gasteiger partial charge < -0.3 is 31.1 Å². The van der Waals surface area contributed by atoms with Crippen LogP contribution in [0.2, 0.25) is 0 Å². The number of unbranched alkanes of at least 4 members (excludes halogenated alkanes) is 14. The van der Waals surface area contributed by atoms with Crippen molar-refractivity contribution in [3.8, 4) is 0 Å². The fourth-order valence-electron chi connectivity index (χ4n) is 5.68. The molecule has 6 N–H and O–H groups in total. The molecule has 0 bridgehead atoms. The standard InChI is InChI=1S/C41H62N2O6/c1-3-5-7-9-11-13-15-17-27-42-39(48)35-23-19-33(20-24-35)29-37(46)41(31-44,32-45)38(47)30-34-21-25-36(26-22-34)40(49)43-28-18-16-14-12-10-8-6-4-2/h19-26,29-30,44-47H,3-18,27-28,31-32H2,1-2H3,(H,42,48)(H,43,49). The molecule has 272 valence electrons. The van der Waals surface area contributed by atoms with Gasteiger partial charge in [-0.3, -0.25) is 9.59 Å². The Morgan fingerprint density at radius 1 is 0.531 bits per heavy atom. The van der Waals surface area contributed by atoms with Gasteiger partial charge in [-0.15, -0.1) is 0 Å². The van der Waals surface area contributed by atoms with Crippen LogP contribution in [0.15, 0.2) is 60.0 Å². The summed E-state index contributed by atoms with van der Waals surface area (Å²) in [6, 6.07) is 13.2. The molecular formula is C41H62N2O6. The number of nitrogens with one attached hydrogen (secondary N) is 2. The lowest BCUT2D eigenvalue weighted by molar-refractivity contribution is 0.0487. The van der Waals surface area contributed by atoms with E-state index in [1.807, 2.05) is 0 Å². The van der Waals surface area contributed by atoms with E-state index >= 15 is 0 Å². The molecule has 8 heteroatoms. The molecule has 2 rings (SSSR count). The molecule has 0 atom stereocenters. The van der Waals surface area contributed by atoms with E-state index in [1.165, 1.54) is 89.2 Å². The number of amides is 2. The predicted octanol–water partition coefficient (Wildman–Crippen LogP) is 8.90. The molecule has 2 aromatic carbocycles. The topological polar surface area (TPSA) is 139 Å². The minimum atomic E-state index is -1.85. The number of carbonyl (C=O) groups excluding carboxylic acids is 2. The predicted molar refractivity (Wildman–Crippen MR) is 201 cm³/mol. The van der Waals surface area contributed by atoms with Crippen LogP contribution in [0.1, 0.15) is 148 Å². The summed E-state index contributed by atoms with van der Waals surface area (Å²) in [6.07, 6.45) is 21.8. The maximum Gasteiger partial charge on any atom is 0.251 e. The average Bonchev–Trinajstić information content (AvgIpc) is 3.11. The van der Waals surface area contributed by atoms with E-state index in [0.717, 1.165) is 25.7 Å². The summed E-state index contributed by atoms with van der Waals surface area (Å²) in [5, 5.41) is 48.3. The Hall–Kier alpha value is -3.62. The zero-order valence-corrected chi connectivity index (χ0v) is 30.0. The molecule has 8 nitrogen and oxygen atoms in total. The summed E-state index contributed by atoms with van der Waals surface area (Å²) in [4.78, 5) is 25.1. The van der Waals surface area contributed by atoms with Gasteiger partial charge in [0.2, 0.25) is 0 Å². The normalized spacial score (nSPS) is 12.2. The van der Waals surface area contributed by atoms with Crippen LogP contribution in [0.3, 0.4) is 0 Å². The SMILES string of the molecule is CCCCCCCCCCNC(=O)c1ccc(C=C(O)C(CO)(CO)C(O)=Cc2ccc(C(=O)NCCCCCCCCCC)cc2)cc1. The van der Waals surface area contributed by atoms with E-state index in [9.17, 15) is 30.0 Å². The number of hydrogen-bond acceptors (Lipinski definition) is 6. The van der Waals surface area contributed by atoms with Crippen molar-refractivity contribution in [3.63, 3.8) is 0 Å². The first-order valence-electron chi connectivity index (χ1n) is 18.6. The zero-order valence-electron chi connectivity index (χ0n) is 30.0. The Labute approximate surface area is 294 Å². The van der Waals surface area contributed by atoms with Crippen LogP contribution in [0.5, 0.6) is 0 Å². The molecule has 0 heterocycles. The summed E-state index contributed by atoms with van der Waals surface area (Å²) >= 11 is 0. The molecule has 0 aliphatic carbocycles. The number of carbonyl (C=O) groups is 2. The molecule has 0 fully saturated rings. The largest absolute Gasteiger partial charge is 0.511 e. The van der Waals surface area contributed by atoms with E-state index in [-0.39, 0.29) is 11.8 Å². The Morgan fingerprint density at radius 3 is 1.14 bits per heavy atom. The van der Waals surface area contributed by atoms with Crippen LogP contribution in [-0.2, 0) is 0 Å². The molecule has 0 unspecified atom stereocenters. The third-order valence-corrected chi connectivity index (χ3v) is 9.10. The van der Waals surface area contributed by atoms with Crippen LogP contribution in [-0.4, -0.2) is 58.5 Å². The monoisotopic (exact) mass is 678 g/mol. The Bertz CT molecular complexity index is 1170. The summed E-state index contributed by atoms with van der Waals surface area (Å²) in [5.74, 6) is -1.21. The highest BCUT2D eigenvalue weighted by Crippen LogP contribution is 2.34. The van der Waals surface area contributed by atoms with Crippen molar-refractivity contribution in [2.45, 2.75) is 117 Å². The lowest BCUT2D eigenvalue weighted by Gasteiger charge is -2.28. The van der Waals surface area contributed by atoms with Crippen LogP contribution in [0, 0.1) is 5.41 Å². The van der Waals surface area contributed by atoms with Gasteiger partial charge in [0.15, 0.2) is 0 Å². The quantitative estimate of drug-likeness (QED) is 0.0434. The number of aliphatic hydroxyl groups excluding tert-OH is 4. The van der Waals surface area contributed by atoms with Crippen LogP contribution in [0.4, 0.5) is 0 Å². The maximum absolute atomic E-state index is 12.6. The van der Waals surface area contributed by atoms with Crippen LogP contribution < -0.4 is 10.6 Å². The van der Waals surface area contributed by atoms with Gasteiger partial charge in [0.1, 0.15) is 16.9 Å². The summed E-state index contributed by atoms with van der Waals surface area (Å²) in [7, 11) is 0. The van der Waals surface area contributed by atoms with Crippen molar-refractivity contribution in [1.29, 1.82) is 0 Å². The Kier molecular flexibility index (Phi) is 20.8. The fourth-order valence-corrected chi connectivity index (χ4v) is 5.68. The number of aliphatic hydroxyl groups is 4. The third-order valence-electron chi connectivity index (χ3n) is 9.10. The molecule has 0 radical (unpaired) electrons. The Balaban J connectivity index is 1.91. The molecule has 0 spiro atoms. The van der Waals surface area contributed by atoms with Crippen molar-refractivity contribution in [2.75, 3.05) is 26.3 Å². The van der Waals surface area contributed by atoms with Gasteiger partial charge in [-0.1, -0.05) is 128 Å². The molecular weight excluding hydrogens is 616 g/mol. The fraction of sp³-hybridized carbons (Fsp3) is 0.561. The molecule has 2 amide bonds. The van der Waals surface area contributed by atoms with E-state index in [1.54, 1.807) is 48.5 Å². The van der Waals surface area contributed by atoms with E-state index < -0.39 is 30.1 Å². The number of hydrogen-bond donors (Lipinski definition) is 6. The van der Waals surface area contributed by atoms with Gasteiger partial charge in [0, 0.05) is 24.2 Å². The molecule has 0 saturated heterocycles. The zero-order chi connectivity index (χ0) is 35.7. The van der Waals surface area contributed by atoms with E-state index in [4.69, 9.17) is 0 Å². The highest BCUT2D eigenvalue weighted by Gasteiger charge is 2.38. The van der Waals surface area contributed by atoms with Crippen molar-refractivity contribution in [2.24, 2.45) is 5.41 Å². The second-order valence-corrected chi connectivity index (χ2v) is 13.2. The Morgan fingerprint density at radius 2 is 0.837 bits per heavy atom. The van der Waals surface area contributed by atoms with Gasteiger partial charge >= 0.3 is 0 Å². The van der Waals surface area contributed by atoms with Crippen LogP contribution in [0.25, 0.3) is 12.2 Å². The van der Waals surface area contributed by atoms with Gasteiger partial charge in [-0.25, -0.2) is 0 Å². The van der Waals surface area contributed by atoms with Gasteiger partial charge in [0.05, 0.1) is 13.2 Å². The molecule has 49 heavy (non-hydrogen) atoms. The second kappa shape index (κ2) is 24.5. The van der Waals surface area contributed by atoms with E-state index in [0.29, 0.717) is 35.3 Å². The molecule has 2 aromatic rings. The first-order chi connectivity index (χ1) is 23.8. The van der Waals surface area contributed by atoms with E-state index in [2.05, 4.69) is 24.5 Å². The number of rotatable bonds is 26. The van der Waals surface area contributed by atoms with Crippen LogP contribution >= 0.6 is 0 Å². The van der Waals surface area contributed by atoms with Gasteiger partial charge in [-0.05, 0) is 60.4 Å². The summed E-state index contributed by atoms with van der Waals surface area (Å²) in [5.41, 5.74) is 0.176. The highest BCUT2D eigenvalue weighted by atomic mass is 16.3. The summed E-state index contributed by atoms with van der Waals surface area (Å²) in [6.45, 7) is 4.15. The third kappa shape index (κ3) is 15.2. The molecule has 0 aromatic heterocycles. The minimum Gasteiger partial charge on any atom is -0.511 e. The highest BCUT2D eigenvalue weighted by molar-refractivity contribution is 5.94. The minimum absolute atomic E-state index is 0.171. The smallest absolute Gasteiger partial charge is 0.251 e. The second-order valence-electron chi connectivity index (χ2n) is 13.2. The lowest BCUT2D eigenvalue weighted by atomic mass is 9.83. The summed E-state index contributed by atoms with van der Waals surface area (Å²) < 4.78 is 0. The number of benzene rings is 2. The molecule has 0 aliphatic heterocycles. The van der Waals surface area contributed by atoms with Crippen molar-refractivity contribution < 1.29 is 30.0 Å². The van der Waals surface area contributed by atoms with Gasteiger partial charge in [0.25, 0.3) is 11.8 Å². The maximum atomic E-state index is 12.6. The first kappa shape index (κ1) is 41.6. The molecule has 0 aliphatic rings. The average molecular weight is 679 g/mol. The van der Waals surface area contributed by atoms with Crippen molar-refractivity contribution in [1.82, 2.24) is 10.6 Å². The van der Waals surface area contributed by atoms with Gasteiger partial charge in [-0.2, -0.15) is 0 Å². The van der Waals surface area contributed by atoms with Crippen molar-refractivity contribution in [3.05, 3.63) is 82.3 Å². The first-order valence-corrected chi connectivity index (χ1v) is 18.6.